The Kier molecular flexibility index (Phi) is 3.17. The number of aliphatic hydroxyl groups excluding tert-OH is 1. The van der Waals surface area contributed by atoms with E-state index in [0.29, 0.717) is 5.92 Å². The molecule has 2 atom stereocenters. The summed E-state index contributed by atoms with van der Waals surface area (Å²) in [4.78, 5) is 0. The molecule has 0 saturated carbocycles. The normalized spacial score (nSPS) is 24.5. The van der Waals surface area contributed by atoms with Crippen LogP contribution in [0.4, 0.5) is 0 Å². The van der Waals surface area contributed by atoms with Gasteiger partial charge in [-0.25, -0.2) is 0 Å². The van der Waals surface area contributed by atoms with Gasteiger partial charge in [0.2, 0.25) is 0 Å². The summed E-state index contributed by atoms with van der Waals surface area (Å²) in [5.74, 6) is 0.381. The van der Waals surface area contributed by atoms with Crippen molar-refractivity contribution in [3.05, 3.63) is 35.9 Å². The second-order valence-corrected chi connectivity index (χ2v) is 3.96. The molecule has 14 heavy (non-hydrogen) atoms. The number of benzene rings is 1. The predicted octanol–water partition coefficient (Wildman–Crippen LogP) is 1.72. The van der Waals surface area contributed by atoms with Crippen LogP contribution in [0.2, 0.25) is 0 Å². The second-order valence-electron chi connectivity index (χ2n) is 3.96. The molecule has 0 aromatic heterocycles. The summed E-state index contributed by atoms with van der Waals surface area (Å²) in [5.41, 5.74) is 1.04. The summed E-state index contributed by atoms with van der Waals surface area (Å²) in [5, 5.41) is 13.4. The van der Waals surface area contributed by atoms with E-state index < -0.39 is 0 Å². The average molecular weight is 191 g/mol. The number of piperidine rings is 1. The third kappa shape index (κ3) is 2.14. The molecule has 0 amide bonds. The zero-order valence-corrected chi connectivity index (χ0v) is 8.32. The first-order chi connectivity index (χ1) is 6.88. The quantitative estimate of drug-likeness (QED) is 0.746. The summed E-state index contributed by atoms with van der Waals surface area (Å²) in [6.07, 6.45) is 2.00. The maximum Gasteiger partial charge on any atom is 0.0830 e. The summed E-state index contributed by atoms with van der Waals surface area (Å²) in [6.45, 7) is 2.04. The predicted molar refractivity (Wildman–Crippen MR) is 57.0 cm³/mol. The standard InChI is InChI=1S/C12H17NO/c14-12(10-5-2-1-3-6-10)11-7-4-8-13-9-11/h1-3,5-6,11-14H,4,7-9H2/t11-,12+/m1/s1. The highest BCUT2D eigenvalue weighted by Crippen LogP contribution is 2.26. The molecular weight excluding hydrogens is 174 g/mol. The Balaban J connectivity index is 2.03. The fraction of sp³-hybridized carbons (Fsp3) is 0.500. The minimum atomic E-state index is -0.302. The van der Waals surface area contributed by atoms with E-state index >= 15 is 0 Å². The Hall–Kier alpha value is -0.860. The lowest BCUT2D eigenvalue weighted by atomic mass is 9.89. The molecule has 76 valence electrons. The van der Waals surface area contributed by atoms with Gasteiger partial charge in [-0.05, 0) is 24.9 Å². The van der Waals surface area contributed by atoms with Gasteiger partial charge in [-0.2, -0.15) is 0 Å². The van der Waals surface area contributed by atoms with Gasteiger partial charge in [0.25, 0.3) is 0 Å². The van der Waals surface area contributed by atoms with Crippen molar-refractivity contribution in [2.75, 3.05) is 13.1 Å². The molecule has 2 heteroatoms. The van der Waals surface area contributed by atoms with Gasteiger partial charge in [0.1, 0.15) is 0 Å². The van der Waals surface area contributed by atoms with Crippen LogP contribution >= 0.6 is 0 Å². The van der Waals surface area contributed by atoms with Crippen molar-refractivity contribution < 1.29 is 5.11 Å². The molecule has 0 aliphatic carbocycles. The van der Waals surface area contributed by atoms with E-state index in [9.17, 15) is 5.11 Å². The summed E-state index contributed by atoms with van der Waals surface area (Å²) in [6, 6.07) is 9.94. The summed E-state index contributed by atoms with van der Waals surface area (Å²) >= 11 is 0. The summed E-state index contributed by atoms with van der Waals surface area (Å²) < 4.78 is 0. The molecule has 1 saturated heterocycles. The van der Waals surface area contributed by atoms with Crippen molar-refractivity contribution in [2.24, 2.45) is 5.92 Å². The first-order valence-corrected chi connectivity index (χ1v) is 5.31. The van der Waals surface area contributed by atoms with Crippen molar-refractivity contribution >= 4 is 0 Å². The fourth-order valence-electron chi connectivity index (χ4n) is 2.07. The SMILES string of the molecule is O[C@@H](c1ccccc1)[C@@H]1CCCNC1. The monoisotopic (exact) mass is 191 g/mol. The largest absolute Gasteiger partial charge is 0.388 e. The molecule has 1 aromatic carbocycles. The van der Waals surface area contributed by atoms with Crippen LogP contribution in [0.25, 0.3) is 0 Å². The van der Waals surface area contributed by atoms with Gasteiger partial charge >= 0.3 is 0 Å². The molecule has 1 heterocycles. The number of hydrogen-bond acceptors (Lipinski definition) is 2. The van der Waals surface area contributed by atoms with Gasteiger partial charge in [-0.3, -0.25) is 0 Å². The molecule has 2 N–H and O–H groups in total. The van der Waals surface area contributed by atoms with E-state index in [1.807, 2.05) is 30.3 Å². The van der Waals surface area contributed by atoms with Crippen LogP contribution in [0, 0.1) is 5.92 Å². The minimum Gasteiger partial charge on any atom is -0.388 e. The lowest BCUT2D eigenvalue weighted by Crippen LogP contribution is -2.33. The smallest absolute Gasteiger partial charge is 0.0830 e. The highest BCUT2D eigenvalue weighted by Gasteiger charge is 2.22. The number of hydrogen-bond donors (Lipinski definition) is 2. The third-order valence-corrected chi connectivity index (χ3v) is 2.92. The first kappa shape index (κ1) is 9.69. The first-order valence-electron chi connectivity index (χ1n) is 5.31. The Labute approximate surface area is 85.0 Å². The Bertz CT molecular complexity index is 267. The van der Waals surface area contributed by atoms with Gasteiger partial charge in [-0.15, -0.1) is 0 Å². The zero-order valence-electron chi connectivity index (χ0n) is 8.32. The topological polar surface area (TPSA) is 32.3 Å². The highest BCUT2D eigenvalue weighted by atomic mass is 16.3. The molecule has 1 aliphatic heterocycles. The minimum absolute atomic E-state index is 0.302. The van der Waals surface area contributed by atoms with E-state index in [1.165, 1.54) is 6.42 Å². The Morgan fingerprint density at radius 2 is 2.07 bits per heavy atom. The van der Waals surface area contributed by atoms with Crippen LogP contribution in [-0.2, 0) is 0 Å². The Morgan fingerprint density at radius 3 is 2.71 bits per heavy atom. The molecule has 1 aliphatic rings. The van der Waals surface area contributed by atoms with Crippen LogP contribution in [0.5, 0.6) is 0 Å². The molecule has 0 unspecified atom stereocenters. The van der Waals surface area contributed by atoms with E-state index in [4.69, 9.17) is 0 Å². The lowest BCUT2D eigenvalue weighted by molar-refractivity contribution is 0.0922. The van der Waals surface area contributed by atoms with Crippen LogP contribution in [0.3, 0.4) is 0 Å². The highest BCUT2D eigenvalue weighted by molar-refractivity contribution is 5.18. The zero-order chi connectivity index (χ0) is 9.80. The van der Waals surface area contributed by atoms with Crippen molar-refractivity contribution in [3.63, 3.8) is 0 Å². The molecule has 2 rings (SSSR count). The molecule has 0 bridgehead atoms. The van der Waals surface area contributed by atoms with Gasteiger partial charge in [-0.1, -0.05) is 30.3 Å². The third-order valence-electron chi connectivity index (χ3n) is 2.92. The average Bonchev–Trinajstić information content (AvgIpc) is 2.30. The van der Waals surface area contributed by atoms with Gasteiger partial charge in [0.05, 0.1) is 6.10 Å². The van der Waals surface area contributed by atoms with E-state index in [-0.39, 0.29) is 6.10 Å². The Morgan fingerprint density at radius 1 is 1.29 bits per heavy atom. The van der Waals surface area contributed by atoms with Crippen LogP contribution in [0.1, 0.15) is 24.5 Å². The lowest BCUT2D eigenvalue weighted by Gasteiger charge is -2.27. The number of nitrogens with one attached hydrogen (secondary N) is 1. The number of aliphatic hydroxyl groups is 1. The molecule has 1 aromatic rings. The maximum atomic E-state index is 10.1. The molecular formula is C12H17NO. The molecule has 0 radical (unpaired) electrons. The molecule has 0 spiro atoms. The number of rotatable bonds is 2. The maximum absolute atomic E-state index is 10.1. The van der Waals surface area contributed by atoms with Crippen molar-refractivity contribution in [1.29, 1.82) is 0 Å². The fourth-order valence-corrected chi connectivity index (χ4v) is 2.07. The molecule has 2 nitrogen and oxygen atoms in total. The van der Waals surface area contributed by atoms with Crippen LogP contribution in [0.15, 0.2) is 30.3 Å². The van der Waals surface area contributed by atoms with Crippen LogP contribution in [-0.4, -0.2) is 18.2 Å². The van der Waals surface area contributed by atoms with Crippen molar-refractivity contribution in [3.8, 4) is 0 Å². The molecule has 1 fully saturated rings. The van der Waals surface area contributed by atoms with E-state index in [1.54, 1.807) is 0 Å². The summed E-state index contributed by atoms with van der Waals surface area (Å²) in [7, 11) is 0. The van der Waals surface area contributed by atoms with E-state index in [2.05, 4.69) is 5.32 Å². The van der Waals surface area contributed by atoms with Gasteiger partial charge < -0.3 is 10.4 Å². The van der Waals surface area contributed by atoms with Crippen molar-refractivity contribution in [1.82, 2.24) is 5.32 Å². The van der Waals surface area contributed by atoms with Crippen LogP contribution < -0.4 is 5.32 Å². The van der Waals surface area contributed by atoms with Gasteiger partial charge in [0.15, 0.2) is 0 Å². The van der Waals surface area contributed by atoms with Gasteiger partial charge in [0, 0.05) is 12.5 Å². The van der Waals surface area contributed by atoms with E-state index in [0.717, 1.165) is 25.1 Å². The van der Waals surface area contributed by atoms with Crippen molar-refractivity contribution in [2.45, 2.75) is 18.9 Å². The second kappa shape index (κ2) is 4.58.